The average Bonchev–Trinajstić information content (AvgIpc) is 2.54. The molecule has 0 saturated heterocycles. The second-order valence-corrected chi connectivity index (χ2v) is 5.80. The molecule has 0 fully saturated rings. The van der Waals surface area contributed by atoms with Crippen LogP contribution in [0.2, 0.25) is 0 Å². The van der Waals surface area contributed by atoms with Crippen molar-refractivity contribution in [2.24, 2.45) is 0 Å². The van der Waals surface area contributed by atoms with Gasteiger partial charge in [0.1, 0.15) is 5.82 Å². The number of hydrogen-bond donors (Lipinski definition) is 0. The predicted octanol–water partition coefficient (Wildman–Crippen LogP) is 4.84. The van der Waals surface area contributed by atoms with Gasteiger partial charge in [0.15, 0.2) is 5.78 Å². The molecule has 1 aromatic carbocycles. The SMILES string of the molecule is CCCCN(CCCC)c1cc(C(C)=O)c2ccccc2n1. The van der Waals surface area contributed by atoms with Crippen LogP contribution < -0.4 is 4.90 Å². The number of rotatable bonds is 8. The number of carbonyl (C=O) groups is 1. The molecule has 3 nitrogen and oxygen atoms in total. The van der Waals surface area contributed by atoms with Crippen LogP contribution in [-0.4, -0.2) is 23.9 Å². The van der Waals surface area contributed by atoms with Gasteiger partial charge in [-0.15, -0.1) is 0 Å². The number of unbranched alkanes of at least 4 members (excludes halogenated alkanes) is 2. The number of benzene rings is 1. The van der Waals surface area contributed by atoms with E-state index in [1.165, 1.54) is 0 Å². The number of aromatic nitrogens is 1. The maximum absolute atomic E-state index is 12.0. The van der Waals surface area contributed by atoms with E-state index in [-0.39, 0.29) is 5.78 Å². The van der Waals surface area contributed by atoms with Crippen LogP contribution in [0.5, 0.6) is 0 Å². The zero-order valence-corrected chi connectivity index (χ0v) is 13.9. The Morgan fingerprint density at radius 2 is 1.73 bits per heavy atom. The van der Waals surface area contributed by atoms with Gasteiger partial charge in [-0.1, -0.05) is 44.9 Å². The molecule has 0 spiro atoms. The van der Waals surface area contributed by atoms with Crippen molar-refractivity contribution in [2.45, 2.75) is 46.5 Å². The quantitative estimate of drug-likeness (QED) is 0.653. The van der Waals surface area contributed by atoms with Crippen LogP contribution in [0.1, 0.15) is 56.8 Å². The summed E-state index contributed by atoms with van der Waals surface area (Å²) in [5.74, 6) is 1.04. The van der Waals surface area contributed by atoms with Crippen molar-refractivity contribution in [1.29, 1.82) is 0 Å². The molecule has 0 unspecified atom stereocenters. The first kappa shape index (κ1) is 16.5. The van der Waals surface area contributed by atoms with E-state index in [0.29, 0.717) is 0 Å². The number of fused-ring (bicyclic) bond motifs is 1. The van der Waals surface area contributed by atoms with E-state index in [2.05, 4.69) is 18.7 Å². The highest BCUT2D eigenvalue weighted by atomic mass is 16.1. The molecule has 0 radical (unpaired) electrons. The standard InChI is InChI=1S/C19H26N2O/c1-4-6-12-21(13-7-5-2)19-14-17(15(3)22)16-10-8-9-11-18(16)20-19/h8-11,14H,4-7,12-13H2,1-3H3. The lowest BCUT2D eigenvalue weighted by atomic mass is 10.1. The fourth-order valence-electron chi connectivity index (χ4n) is 2.65. The Morgan fingerprint density at radius 1 is 1.09 bits per heavy atom. The van der Waals surface area contributed by atoms with E-state index in [1.54, 1.807) is 6.92 Å². The highest BCUT2D eigenvalue weighted by Gasteiger charge is 2.13. The van der Waals surface area contributed by atoms with Crippen LogP contribution >= 0.6 is 0 Å². The minimum Gasteiger partial charge on any atom is -0.357 e. The number of Topliss-reactive ketones (excluding diaryl/α,β-unsaturated/α-hetero) is 1. The van der Waals surface area contributed by atoms with E-state index in [4.69, 9.17) is 4.98 Å². The third kappa shape index (κ3) is 3.85. The predicted molar refractivity (Wildman–Crippen MR) is 93.8 cm³/mol. The molecule has 118 valence electrons. The molecular formula is C19H26N2O. The molecule has 3 heteroatoms. The summed E-state index contributed by atoms with van der Waals surface area (Å²) in [5.41, 5.74) is 1.68. The molecule has 0 aliphatic heterocycles. The van der Waals surface area contributed by atoms with E-state index in [0.717, 1.165) is 61.1 Å². The molecule has 0 atom stereocenters. The number of pyridine rings is 1. The summed E-state index contributed by atoms with van der Waals surface area (Å²) in [5, 5.41) is 0.949. The van der Waals surface area contributed by atoms with Crippen molar-refractivity contribution >= 4 is 22.5 Å². The summed E-state index contributed by atoms with van der Waals surface area (Å²) >= 11 is 0. The smallest absolute Gasteiger partial charge is 0.160 e. The van der Waals surface area contributed by atoms with E-state index in [1.807, 2.05) is 30.3 Å². The Kier molecular flexibility index (Phi) is 5.93. The highest BCUT2D eigenvalue weighted by molar-refractivity contribution is 6.06. The first-order chi connectivity index (χ1) is 10.7. The van der Waals surface area contributed by atoms with Gasteiger partial charge in [-0.2, -0.15) is 0 Å². The number of anilines is 1. The van der Waals surface area contributed by atoms with Crippen molar-refractivity contribution in [1.82, 2.24) is 4.98 Å². The van der Waals surface area contributed by atoms with Crippen molar-refractivity contribution in [3.05, 3.63) is 35.9 Å². The van der Waals surface area contributed by atoms with Gasteiger partial charge in [-0.25, -0.2) is 4.98 Å². The third-order valence-corrected chi connectivity index (χ3v) is 3.97. The summed E-state index contributed by atoms with van der Waals surface area (Å²) in [6, 6.07) is 9.87. The Labute approximate surface area is 133 Å². The molecule has 0 bridgehead atoms. The second kappa shape index (κ2) is 7.92. The largest absolute Gasteiger partial charge is 0.357 e. The van der Waals surface area contributed by atoms with Gasteiger partial charge in [-0.05, 0) is 31.9 Å². The highest BCUT2D eigenvalue weighted by Crippen LogP contribution is 2.24. The lowest BCUT2D eigenvalue weighted by molar-refractivity contribution is 0.101. The van der Waals surface area contributed by atoms with Crippen LogP contribution in [0.15, 0.2) is 30.3 Å². The monoisotopic (exact) mass is 298 g/mol. The first-order valence-corrected chi connectivity index (χ1v) is 8.33. The van der Waals surface area contributed by atoms with Crippen molar-refractivity contribution in [3.63, 3.8) is 0 Å². The molecule has 0 N–H and O–H groups in total. The molecule has 0 amide bonds. The fourth-order valence-corrected chi connectivity index (χ4v) is 2.65. The summed E-state index contributed by atoms with van der Waals surface area (Å²) in [6.45, 7) is 8.03. The lowest BCUT2D eigenvalue weighted by Gasteiger charge is -2.24. The number of nitrogens with zero attached hydrogens (tertiary/aromatic N) is 2. The molecule has 0 saturated carbocycles. The summed E-state index contributed by atoms with van der Waals surface area (Å²) in [4.78, 5) is 19.1. The zero-order valence-electron chi connectivity index (χ0n) is 13.9. The van der Waals surface area contributed by atoms with E-state index < -0.39 is 0 Å². The van der Waals surface area contributed by atoms with Crippen LogP contribution in [-0.2, 0) is 0 Å². The lowest BCUT2D eigenvalue weighted by Crippen LogP contribution is -2.26. The summed E-state index contributed by atoms with van der Waals surface area (Å²) < 4.78 is 0. The summed E-state index contributed by atoms with van der Waals surface area (Å²) in [6.07, 6.45) is 4.62. The van der Waals surface area contributed by atoms with Crippen molar-refractivity contribution in [2.75, 3.05) is 18.0 Å². The minimum absolute atomic E-state index is 0.103. The Morgan fingerprint density at radius 3 is 2.32 bits per heavy atom. The molecule has 1 aromatic heterocycles. The molecule has 22 heavy (non-hydrogen) atoms. The minimum atomic E-state index is 0.103. The van der Waals surface area contributed by atoms with Gasteiger partial charge >= 0.3 is 0 Å². The maximum atomic E-state index is 12.0. The second-order valence-electron chi connectivity index (χ2n) is 5.80. The Hall–Kier alpha value is -1.90. The van der Waals surface area contributed by atoms with Gasteiger partial charge in [0, 0.05) is 24.0 Å². The van der Waals surface area contributed by atoms with Crippen molar-refractivity contribution in [3.8, 4) is 0 Å². The average molecular weight is 298 g/mol. The molecule has 0 aliphatic carbocycles. The number of hydrogen-bond acceptors (Lipinski definition) is 3. The van der Waals surface area contributed by atoms with Crippen LogP contribution in [0, 0.1) is 0 Å². The van der Waals surface area contributed by atoms with E-state index >= 15 is 0 Å². The normalized spacial score (nSPS) is 10.9. The Bertz CT molecular complexity index is 628. The van der Waals surface area contributed by atoms with Gasteiger partial charge in [0.2, 0.25) is 0 Å². The fraction of sp³-hybridized carbons (Fsp3) is 0.474. The first-order valence-electron chi connectivity index (χ1n) is 8.33. The number of ketones is 1. The molecule has 2 rings (SSSR count). The van der Waals surface area contributed by atoms with Gasteiger partial charge in [0.25, 0.3) is 0 Å². The van der Waals surface area contributed by atoms with E-state index in [9.17, 15) is 4.79 Å². The maximum Gasteiger partial charge on any atom is 0.160 e. The van der Waals surface area contributed by atoms with Crippen molar-refractivity contribution < 1.29 is 4.79 Å². The molecule has 1 heterocycles. The number of para-hydroxylation sites is 1. The zero-order chi connectivity index (χ0) is 15.9. The Balaban J connectivity index is 2.44. The van der Waals surface area contributed by atoms with Crippen LogP contribution in [0.3, 0.4) is 0 Å². The van der Waals surface area contributed by atoms with Gasteiger partial charge in [0.05, 0.1) is 5.52 Å². The molecule has 2 aromatic rings. The summed E-state index contributed by atoms with van der Waals surface area (Å²) in [7, 11) is 0. The van der Waals surface area contributed by atoms with Gasteiger partial charge < -0.3 is 4.90 Å². The molecule has 0 aliphatic rings. The van der Waals surface area contributed by atoms with Gasteiger partial charge in [-0.3, -0.25) is 4.79 Å². The van der Waals surface area contributed by atoms with Crippen LogP contribution in [0.25, 0.3) is 10.9 Å². The topological polar surface area (TPSA) is 33.2 Å². The number of carbonyl (C=O) groups excluding carboxylic acids is 1. The molecular weight excluding hydrogens is 272 g/mol. The van der Waals surface area contributed by atoms with Crippen LogP contribution in [0.4, 0.5) is 5.82 Å². The third-order valence-electron chi connectivity index (χ3n) is 3.97.